The molecule has 0 aliphatic heterocycles. The largest absolute Gasteiger partial charge is 0.456 e. The van der Waals surface area contributed by atoms with Crippen LogP contribution in [0.3, 0.4) is 0 Å². The molecule has 0 atom stereocenters. The molecule has 282 valence electrons. The number of oxazole rings is 1. The smallest absolute Gasteiger partial charge is 0.227 e. The lowest BCUT2D eigenvalue weighted by molar-refractivity contribution is 0.619. The number of benzene rings is 9. The van der Waals surface area contributed by atoms with Crippen molar-refractivity contribution in [3.05, 3.63) is 212 Å². The number of hydrogen-bond donors (Lipinski definition) is 0. The molecule has 0 aliphatic rings. The van der Waals surface area contributed by atoms with Gasteiger partial charge in [0.05, 0.1) is 22.1 Å². The third-order valence-corrected chi connectivity index (χ3v) is 11.6. The topological polar surface area (TPSA) is 47.3 Å². The highest BCUT2D eigenvalue weighted by atomic mass is 16.4. The molecule has 60 heavy (non-hydrogen) atoms. The van der Waals surface area contributed by atoms with Gasteiger partial charge in [-0.1, -0.05) is 121 Å². The summed E-state index contributed by atoms with van der Waals surface area (Å²) in [6, 6.07) is 74.7. The summed E-state index contributed by atoms with van der Waals surface area (Å²) in [6.45, 7) is 0. The van der Waals surface area contributed by atoms with Gasteiger partial charge in [-0.3, -0.25) is 0 Å². The first-order valence-corrected chi connectivity index (χ1v) is 20.2. The Hall–Kier alpha value is -8.15. The molecule has 3 heterocycles. The van der Waals surface area contributed by atoms with Gasteiger partial charge in [-0.05, 0) is 108 Å². The number of fused-ring (bicyclic) bond motifs is 8. The van der Waals surface area contributed by atoms with Gasteiger partial charge in [-0.15, -0.1) is 0 Å². The summed E-state index contributed by atoms with van der Waals surface area (Å²) >= 11 is 0. The van der Waals surface area contributed by atoms with Crippen LogP contribution in [-0.2, 0) is 0 Å². The highest BCUT2D eigenvalue weighted by Crippen LogP contribution is 2.44. The molecular formula is C55H35N3O2. The molecule has 9 aromatic carbocycles. The molecule has 0 saturated heterocycles. The zero-order valence-electron chi connectivity index (χ0n) is 32.4. The van der Waals surface area contributed by atoms with Crippen LogP contribution in [0.1, 0.15) is 0 Å². The van der Waals surface area contributed by atoms with Crippen molar-refractivity contribution in [3.8, 4) is 39.4 Å². The monoisotopic (exact) mass is 769 g/mol. The zero-order valence-corrected chi connectivity index (χ0v) is 32.4. The lowest BCUT2D eigenvalue weighted by Crippen LogP contribution is -2.11. The van der Waals surface area contributed by atoms with Gasteiger partial charge >= 0.3 is 0 Å². The summed E-state index contributed by atoms with van der Waals surface area (Å²) in [4.78, 5) is 7.36. The number of rotatable bonds is 7. The number of anilines is 3. The second kappa shape index (κ2) is 13.8. The van der Waals surface area contributed by atoms with E-state index >= 15 is 0 Å². The van der Waals surface area contributed by atoms with Gasteiger partial charge in [0.2, 0.25) is 5.89 Å². The van der Waals surface area contributed by atoms with Crippen molar-refractivity contribution >= 4 is 71.9 Å². The molecule has 5 heteroatoms. The van der Waals surface area contributed by atoms with E-state index in [4.69, 9.17) is 13.8 Å². The summed E-state index contributed by atoms with van der Waals surface area (Å²) in [6.07, 6.45) is 0. The van der Waals surface area contributed by atoms with E-state index in [2.05, 4.69) is 179 Å². The van der Waals surface area contributed by atoms with Crippen LogP contribution in [0.4, 0.5) is 17.1 Å². The molecule has 12 aromatic rings. The lowest BCUT2D eigenvalue weighted by Gasteiger charge is -2.28. The van der Waals surface area contributed by atoms with Crippen molar-refractivity contribution in [3.63, 3.8) is 0 Å². The Balaban J connectivity index is 1.00. The van der Waals surface area contributed by atoms with Crippen LogP contribution >= 0.6 is 0 Å². The van der Waals surface area contributed by atoms with E-state index in [1.54, 1.807) is 0 Å². The van der Waals surface area contributed by atoms with Crippen LogP contribution in [0.15, 0.2) is 221 Å². The lowest BCUT2D eigenvalue weighted by atomic mass is 10.00. The second-order valence-electron chi connectivity index (χ2n) is 15.1. The van der Waals surface area contributed by atoms with Crippen LogP contribution in [0, 0.1) is 0 Å². The van der Waals surface area contributed by atoms with Crippen molar-refractivity contribution in [2.75, 3.05) is 4.90 Å². The standard InChI is InChI=1S/C55H35N3O2/c1-4-14-37(15-5-1)43-20-10-12-22-47(43)57(42-29-30-49-45(35-42)44-21-11-13-23-48(44)58(49)40-18-8-3-9-19-40)41-27-24-36(25-28-41)39-26-31-50-46(34-39)53-51(59-50)32-33-52-54(53)56-55(60-52)38-16-6-2-7-17-38/h1-35H. The Bertz CT molecular complexity index is 3530. The summed E-state index contributed by atoms with van der Waals surface area (Å²) in [5.74, 6) is 0.596. The molecule has 0 N–H and O–H groups in total. The van der Waals surface area contributed by atoms with Gasteiger partial charge in [0.1, 0.15) is 16.7 Å². The normalized spacial score (nSPS) is 11.7. The number of hydrogen-bond acceptors (Lipinski definition) is 4. The van der Waals surface area contributed by atoms with Gasteiger partial charge in [0, 0.05) is 44.3 Å². The number of furan rings is 1. The predicted molar refractivity (Wildman–Crippen MR) is 247 cm³/mol. The van der Waals surface area contributed by atoms with Crippen LogP contribution < -0.4 is 4.90 Å². The van der Waals surface area contributed by atoms with E-state index in [0.717, 1.165) is 83.6 Å². The van der Waals surface area contributed by atoms with Gasteiger partial charge in [-0.25, -0.2) is 4.98 Å². The minimum atomic E-state index is 0.596. The van der Waals surface area contributed by atoms with Gasteiger partial charge in [-0.2, -0.15) is 0 Å². The average Bonchev–Trinajstić information content (AvgIpc) is 4.02. The molecular weight excluding hydrogens is 735 g/mol. The average molecular weight is 770 g/mol. The maximum atomic E-state index is 6.36. The number of para-hydroxylation sites is 3. The molecule has 0 spiro atoms. The van der Waals surface area contributed by atoms with E-state index in [0.29, 0.717) is 5.89 Å². The maximum absolute atomic E-state index is 6.36. The van der Waals surface area contributed by atoms with Crippen molar-refractivity contribution < 1.29 is 8.83 Å². The highest BCUT2D eigenvalue weighted by molar-refractivity contribution is 6.17. The molecule has 12 rings (SSSR count). The Kier molecular flexibility index (Phi) is 7.78. The van der Waals surface area contributed by atoms with E-state index in [9.17, 15) is 0 Å². The van der Waals surface area contributed by atoms with Crippen molar-refractivity contribution in [1.29, 1.82) is 0 Å². The molecule has 0 fully saturated rings. The fourth-order valence-electron chi connectivity index (χ4n) is 8.85. The third kappa shape index (κ3) is 5.52. The SMILES string of the molecule is c1ccc(-c2nc3c(ccc4oc5ccc(-c6ccc(N(c7ccc8c(c7)c7ccccc7n8-c7ccccc7)c7ccccc7-c7ccccc7)cc6)cc5c43)o2)cc1. The van der Waals surface area contributed by atoms with Crippen LogP contribution in [0.5, 0.6) is 0 Å². The molecule has 0 aliphatic carbocycles. The second-order valence-corrected chi connectivity index (χ2v) is 15.1. The predicted octanol–water partition coefficient (Wildman–Crippen LogP) is 15.3. The molecule has 0 saturated carbocycles. The van der Waals surface area contributed by atoms with Gasteiger partial charge < -0.3 is 18.3 Å². The van der Waals surface area contributed by atoms with E-state index in [-0.39, 0.29) is 0 Å². The molecule has 5 nitrogen and oxygen atoms in total. The Morgan fingerprint density at radius 1 is 0.400 bits per heavy atom. The summed E-state index contributed by atoms with van der Waals surface area (Å²) < 4.78 is 15.0. The number of nitrogens with zero attached hydrogens (tertiary/aromatic N) is 3. The molecule has 0 amide bonds. The van der Waals surface area contributed by atoms with Crippen LogP contribution in [0.2, 0.25) is 0 Å². The zero-order chi connectivity index (χ0) is 39.6. The molecule has 0 unspecified atom stereocenters. The van der Waals surface area contributed by atoms with Crippen molar-refractivity contribution in [2.24, 2.45) is 0 Å². The Morgan fingerprint density at radius 3 is 1.85 bits per heavy atom. The quantitative estimate of drug-likeness (QED) is 0.162. The van der Waals surface area contributed by atoms with Gasteiger partial charge in [0.25, 0.3) is 0 Å². The van der Waals surface area contributed by atoms with E-state index < -0.39 is 0 Å². The summed E-state index contributed by atoms with van der Waals surface area (Å²) in [5, 5.41) is 4.38. The summed E-state index contributed by atoms with van der Waals surface area (Å²) in [7, 11) is 0. The fourth-order valence-corrected chi connectivity index (χ4v) is 8.85. The van der Waals surface area contributed by atoms with Crippen LogP contribution in [-0.4, -0.2) is 9.55 Å². The minimum Gasteiger partial charge on any atom is -0.456 e. The minimum absolute atomic E-state index is 0.596. The van der Waals surface area contributed by atoms with E-state index in [1.165, 1.54) is 21.8 Å². The van der Waals surface area contributed by atoms with Crippen molar-refractivity contribution in [1.82, 2.24) is 9.55 Å². The van der Waals surface area contributed by atoms with E-state index in [1.807, 2.05) is 42.5 Å². The first-order chi connectivity index (χ1) is 29.7. The Labute approximate surface area is 345 Å². The Morgan fingerprint density at radius 2 is 1.03 bits per heavy atom. The molecule has 0 radical (unpaired) electrons. The first kappa shape index (κ1) is 33.9. The fraction of sp³-hybridized carbons (Fsp3) is 0. The van der Waals surface area contributed by atoms with Gasteiger partial charge in [0.15, 0.2) is 5.58 Å². The molecule has 3 aromatic heterocycles. The third-order valence-electron chi connectivity index (χ3n) is 11.6. The maximum Gasteiger partial charge on any atom is 0.227 e. The summed E-state index contributed by atoms with van der Waals surface area (Å²) in [5.41, 5.74) is 15.3. The first-order valence-electron chi connectivity index (χ1n) is 20.2. The highest BCUT2D eigenvalue weighted by Gasteiger charge is 2.21. The van der Waals surface area contributed by atoms with Crippen LogP contribution in [0.25, 0.3) is 94.2 Å². The number of aromatic nitrogens is 2. The molecule has 0 bridgehead atoms. The van der Waals surface area contributed by atoms with Crippen molar-refractivity contribution in [2.45, 2.75) is 0 Å².